The molecule has 0 saturated carbocycles. The molecule has 0 atom stereocenters. The molecule has 1 aromatic rings. The van der Waals surface area contributed by atoms with Crippen LogP contribution in [0.1, 0.15) is 21.7 Å². The number of carboxylic acid groups (broad SMARTS) is 1. The van der Waals surface area contributed by atoms with E-state index < -0.39 is 5.97 Å². The number of aromatic amines is 1. The summed E-state index contributed by atoms with van der Waals surface area (Å²) in [5.74, 6) is -1.02. The molecule has 4 heteroatoms. The number of aliphatic hydroxyl groups excluding tert-OH is 1. The first kappa shape index (κ1) is 7.81. The van der Waals surface area contributed by atoms with Crippen molar-refractivity contribution in [2.75, 3.05) is 0 Å². The Kier molecular flexibility index (Phi) is 1.96. The van der Waals surface area contributed by atoms with Crippen molar-refractivity contribution in [2.24, 2.45) is 0 Å². The van der Waals surface area contributed by atoms with E-state index >= 15 is 0 Å². The Labute approximate surface area is 63.5 Å². The van der Waals surface area contributed by atoms with Gasteiger partial charge < -0.3 is 15.2 Å². The fourth-order valence-corrected chi connectivity index (χ4v) is 0.961. The lowest BCUT2D eigenvalue weighted by atomic mass is 10.2. The highest BCUT2D eigenvalue weighted by atomic mass is 16.4. The molecule has 1 rings (SSSR count). The van der Waals surface area contributed by atoms with Crippen LogP contribution in [0.25, 0.3) is 0 Å². The second-order valence-corrected chi connectivity index (χ2v) is 2.31. The molecule has 0 bridgehead atoms. The Morgan fingerprint density at radius 1 is 1.73 bits per heavy atom. The molecule has 4 nitrogen and oxygen atoms in total. The summed E-state index contributed by atoms with van der Waals surface area (Å²) in [5.41, 5.74) is 1.24. The smallest absolute Gasteiger partial charge is 0.337 e. The van der Waals surface area contributed by atoms with Crippen LogP contribution in [0.2, 0.25) is 0 Å². The van der Waals surface area contributed by atoms with Gasteiger partial charge in [0, 0.05) is 5.69 Å². The summed E-state index contributed by atoms with van der Waals surface area (Å²) in [6.07, 6.45) is 0. The number of aryl methyl sites for hydroxylation is 1. The normalized spacial score (nSPS) is 10.0. The van der Waals surface area contributed by atoms with Gasteiger partial charge in [0.1, 0.15) is 0 Å². The minimum absolute atomic E-state index is 0.144. The number of nitrogens with one attached hydrogen (secondary N) is 1. The van der Waals surface area contributed by atoms with E-state index in [-0.39, 0.29) is 12.2 Å². The van der Waals surface area contributed by atoms with E-state index in [9.17, 15) is 4.79 Å². The lowest BCUT2D eigenvalue weighted by Gasteiger charge is -1.92. The molecule has 0 aliphatic heterocycles. The Bertz CT molecular complexity index is 277. The van der Waals surface area contributed by atoms with E-state index in [0.29, 0.717) is 5.69 Å². The standard InChI is InChI=1S/C7H9NO3/c1-4-2-5(7(10)11)6(3-9)8-4/h2,8-9H,3H2,1H3,(H,10,11). The van der Waals surface area contributed by atoms with Crippen LogP contribution >= 0.6 is 0 Å². The number of rotatable bonds is 2. The molecule has 60 valence electrons. The van der Waals surface area contributed by atoms with Gasteiger partial charge in [0.2, 0.25) is 0 Å². The fraction of sp³-hybridized carbons (Fsp3) is 0.286. The highest BCUT2D eigenvalue weighted by Crippen LogP contribution is 2.09. The highest BCUT2D eigenvalue weighted by Gasteiger charge is 2.11. The summed E-state index contributed by atoms with van der Waals surface area (Å²) in [5, 5.41) is 17.3. The highest BCUT2D eigenvalue weighted by molar-refractivity contribution is 5.89. The largest absolute Gasteiger partial charge is 0.478 e. The van der Waals surface area contributed by atoms with Crippen molar-refractivity contribution >= 4 is 5.97 Å². The SMILES string of the molecule is Cc1cc(C(=O)O)c(CO)[nH]1. The number of aromatic carboxylic acids is 1. The molecule has 0 saturated heterocycles. The Balaban J connectivity index is 3.12. The van der Waals surface area contributed by atoms with E-state index in [1.807, 2.05) is 0 Å². The van der Waals surface area contributed by atoms with E-state index in [4.69, 9.17) is 10.2 Å². The fourth-order valence-electron chi connectivity index (χ4n) is 0.961. The maximum atomic E-state index is 10.5. The molecule has 3 N–H and O–H groups in total. The summed E-state index contributed by atoms with van der Waals surface area (Å²) in [6.45, 7) is 1.47. The molecule has 0 amide bonds. The summed E-state index contributed by atoms with van der Waals surface area (Å²) in [6, 6.07) is 1.49. The second kappa shape index (κ2) is 2.75. The predicted molar refractivity (Wildman–Crippen MR) is 38.4 cm³/mol. The number of aromatic nitrogens is 1. The number of hydrogen-bond donors (Lipinski definition) is 3. The molecule has 0 unspecified atom stereocenters. The van der Waals surface area contributed by atoms with Gasteiger partial charge in [-0.2, -0.15) is 0 Å². The molecule has 1 aromatic heterocycles. The van der Waals surface area contributed by atoms with Gasteiger partial charge in [-0.05, 0) is 13.0 Å². The number of carbonyl (C=O) groups is 1. The van der Waals surface area contributed by atoms with Crippen molar-refractivity contribution in [1.29, 1.82) is 0 Å². The van der Waals surface area contributed by atoms with Crippen molar-refractivity contribution in [3.8, 4) is 0 Å². The monoisotopic (exact) mass is 155 g/mol. The maximum absolute atomic E-state index is 10.5. The first-order valence-corrected chi connectivity index (χ1v) is 3.17. The lowest BCUT2D eigenvalue weighted by molar-refractivity contribution is 0.0693. The van der Waals surface area contributed by atoms with Gasteiger partial charge in [-0.25, -0.2) is 4.79 Å². The van der Waals surface area contributed by atoms with Crippen LogP contribution in [0.3, 0.4) is 0 Å². The Morgan fingerprint density at radius 2 is 2.36 bits per heavy atom. The molecular formula is C7H9NO3. The van der Waals surface area contributed by atoms with Crippen LogP contribution in [0.15, 0.2) is 6.07 Å². The van der Waals surface area contributed by atoms with Gasteiger partial charge in [0.05, 0.1) is 17.9 Å². The van der Waals surface area contributed by atoms with Gasteiger partial charge in [0.25, 0.3) is 0 Å². The minimum atomic E-state index is -1.02. The van der Waals surface area contributed by atoms with E-state index in [1.54, 1.807) is 6.92 Å². The van der Waals surface area contributed by atoms with Crippen LogP contribution in [-0.4, -0.2) is 21.2 Å². The quantitative estimate of drug-likeness (QED) is 0.582. The second-order valence-electron chi connectivity index (χ2n) is 2.31. The van der Waals surface area contributed by atoms with E-state index in [1.165, 1.54) is 6.07 Å². The Hall–Kier alpha value is -1.29. The topological polar surface area (TPSA) is 73.3 Å². The van der Waals surface area contributed by atoms with Crippen LogP contribution in [-0.2, 0) is 6.61 Å². The van der Waals surface area contributed by atoms with Crippen LogP contribution in [0, 0.1) is 6.92 Å². The summed E-state index contributed by atoms with van der Waals surface area (Å²) < 4.78 is 0. The maximum Gasteiger partial charge on any atom is 0.337 e. The zero-order valence-corrected chi connectivity index (χ0v) is 6.09. The first-order valence-electron chi connectivity index (χ1n) is 3.17. The van der Waals surface area contributed by atoms with Gasteiger partial charge >= 0.3 is 5.97 Å². The molecule has 0 aliphatic carbocycles. The zero-order chi connectivity index (χ0) is 8.43. The summed E-state index contributed by atoms with van der Waals surface area (Å²) >= 11 is 0. The molecule has 0 aliphatic rings. The molecule has 0 fully saturated rings. The van der Waals surface area contributed by atoms with E-state index in [2.05, 4.69) is 4.98 Å². The van der Waals surface area contributed by atoms with Crippen LogP contribution < -0.4 is 0 Å². The average Bonchev–Trinajstić information content (AvgIpc) is 2.30. The van der Waals surface area contributed by atoms with E-state index in [0.717, 1.165) is 5.69 Å². The average molecular weight is 155 g/mol. The summed E-state index contributed by atoms with van der Waals surface area (Å²) in [4.78, 5) is 13.2. The molecule has 0 aromatic carbocycles. The third kappa shape index (κ3) is 1.40. The zero-order valence-electron chi connectivity index (χ0n) is 6.09. The lowest BCUT2D eigenvalue weighted by Crippen LogP contribution is -1.99. The third-order valence-electron chi connectivity index (χ3n) is 1.42. The molecule has 0 radical (unpaired) electrons. The first-order chi connectivity index (χ1) is 5.15. The predicted octanol–water partition coefficient (Wildman–Crippen LogP) is 0.514. The van der Waals surface area contributed by atoms with Crippen LogP contribution in [0.4, 0.5) is 0 Å². The van der Waals surface area contributed by atoms with Gasteiger partial charge in [0.15, 0.2) is 0 Å². The summed E-state index contributed by atoms with van der Waals surface area (Å²) in [7, 11) is 0. The van der Waals surface area contributed by atoms with Gasteiger partial charge in [-0.1, -0.05) is 0 Å². The minimum Gasteiger partial charge on any atom is -0.478 e. The van der Waals surface area contributed by atoms with Crippen molar-refractivity contribution in [1.82, 2.24) is 4.98 Å². The van der Waals surface area contributed by atoms with Crippen molar-refractivity contribution < 1.29 is 15.0 Å². The number of aliphatic hydroxyl groups is 1. The molecular weight excluding hydrogens is 146 g/mol. The molecule has 0 spiro atoms. The van der Waals surface area contributed by atoms with Crippen molar-refractivity contribution in [3.05, 3.63) is 23.0 Å². The van der Waals surface area contributed by atoms with Crippen molar-refractivity contribution in [3.63, 3.8) is 0 Å². The van der Waals surface area contributed by atoms with Gasteiger partial charge in [-0.3, -0.25) is 0 Å². The number of H-pyrrole nitrogens is 1. The third-order valence-corrected chi connectivity index (χ3v) is 1.42. The van der Waals surface area contributed by atoms with Crippen molar-refractivity contribution in [2.45, 2.75) is 13.5 Å². The Morgan fingerprint density at radius 3 is 2.73 bits per heavy atom. The van der Waals surface area contributed by atoms with Gasteiger partial charge in [-0.15, -0.1) is 0 Å². The number of carboxylic acids is 1. The molecule has 1 heterocycles. The number of hydrogen-bond acceptors (Lipinski definition) is 2. The van der Waals surface area contributed by atoms with Crippen LogP contribution in [0.5, 0.6) is 0 Å². The molecule has 11 heavy (non-hydrogen) atoms.